The number of halogens is 1. The number of piperidine rings is 1. The van der Waals surface area contributed by atoms with Crippen LogP contribution in [0.2, 0.25) is 0 Å². The molecule has 0 aliphatic carbocycles. The van der Waals surface area contributed by atoms with Gasteiger partial charge in [0.1, 0.15) is 0 Å². The van der Waals surface area contributed by atoms with E-state index in [1.807, 2.05) is 42.5 Å². The number of carbonyl (C=O) groups excluding carboxylic acids is 2. The number of rotatable bonds is 2. The van der Waals surface area contributed by atoms with Crippen molar-refractivity contribution in [3.8, 4) is 0 Å². The number of benzene rings is 2. The minimum atomic E-state index is -0.643. The Morgan fingerprint density at radius 3 is 2.54 bits per heavy atom. The molecule has 1 saturated heterocycles. The average molecular weight is 441 g/mol. The molecule has 0 bridgehead atoms. The topological polar surface area (TPSA) is 58.2 Å². The molecule has 0 aromatic heterocycles. The van der Waals surface area contributed by atoms with Crippen LogP contribution in [0.5, 0.6) is 0 Å². The molecule has 2 aromatic rings. The predicted octanol–water partition coefficient (Wildman–Crippen LogP) is 4.57. The zero-order valence-electron chi connectivity index (χ0n) is 16.4. The van der Waals surface area contributed by atoms with Crippen molar-refractivity contribution in [2.75, 3.05) is 11.9 Å². The van der Waals surface area contributed by atoms with E-state index in [-0.39, 0.29) is 23.1 Å². The third-order valence-corrected chi connectivity index (χ3v) is 6.52. The molecule has 2 aliphatic rings. The molecule has 1 spiro atoms. The fraction of sp³-hybridized carbons (Fsp3) is 0.391. The third-order valence-electron chi connectivity index (χ3n) is 6.03. The Morgan fingerprint density at radius 2 is 1.86 bits per heavy atom. The number of Topliss-reactive ketones (excluding diaryl/α,β-unsaturated/α-hetero) is 1. The van der Waals surface area contributed by atoms with Gasteiger partial charge in [0.25, 0.3) is 0 Å². The van der Waals surface area contributed by atoms with Gasteiger partial charge in [0, 0.05) is 15.7 Å². The van der Waals surface area contributed by atoms with Crippen LogP contribution in [0, 0.1) is 0 Å². The molecule has 0 saturated carbocycles. The summed E-state index contributed by atoms with van der Waals surface area (Å²) in [5, 5.41) is 6.35. The van der Waals surface area contributed by atoms with Crippen LogP contribution in [0.15, 0.2) is 46.9 Å². The number of anilines is 1. The first-order valence-electron chi connectivity index (χ1n) is 9.70. The van der Waals surface area contributed by atoms with Gasteiger partial charge in [-0.1, -0.05) is 61.0 Å². The van der Waals surface area contributed by atoms with E-state index in [1.165, 1.54) is 5.56 Å². The molecule has 2 N–H and O–H groups in total. The van der Waals surface area contributed by atoms with Crippen molar-refractivity contribution >= 4 is 33.3 Å². The van der Waals surface area contributed by atoms with Crippen LogP contribution < -0.4 is 10.6 Å². The molecule has 1 amide bonds. The fourth-order valence-electron chi connectivity index (χ4n) is 4.34. The van der Waals surface area contributed by atoms with Crippen molar-refractivity contribution in [1.82, 2.24) is 5.32 Å². The molecular formula is C23H25BrN2O2. The van der Waals surface area contributed by atoms with Crippen molar-refractivity contribution in [3.05, 3.63) is 63.6 Å². The molecule has 2 aliphatic heterocycles. The number of nitrogens with one attached hydrogen (secondary N) is 2. The van der Waals surface area contributed by atoms with E-state index < -0.39 is 5.41 Å². The van der Waals surface area contributed by atoms with Crippen molar-refractivity contribution < 1.29 is 9.59 Å². The molecule has 0 radical (unpaired) electrons. The van der Waals surface area contributed by atoms with Gasteiger partial charge in [-0.2, -0.15) is 0 Å². The number of hydrogen-bond acceptors (Lipinski definition) is 3. The summed E-state index contributed by atoms with van der Waals surface area (Å²) in [4.78, 5) is 26.1. The van der Waals surface area contributed by atoms with E-state index in [0.29, 0.717) is 24.9 Å². The quantitative estimate of drug-likeness (QED) is 0.672. The summed E-state index contributed by atoms with van der Waals surface area (Å²) < 4.78 is 0.946. The van der Waals surface area contributed by atoms with E-state index >= 15 is 0 Å². The summed E-state index contributed by atoms with van der Waals surface area (Å²) in [6.45, 7) is 7.11. The van der Waals surface area contributed by atoms with Crippen LogP contribution in [0.3, 0.4) is 0 Å². The van der Waals surface area contributed by atoms with Gasteiger partial charge < -0.3 is 10.6 Å². The lowest BCUT2D eigenvalue weighted by Gasteiger charge is -2.36. The van der Waals surface area contributed by atoms with Gasteiger partial charge >= 0.3 is 0 Å². The summed E-state index contributed by atoms with van der Waals surface area (Å²) in [7, 11) is 0. The summed E-state index contributed by atoms with van der Waals surface area (Å²) in [6, 6.07) is 13.4. The highest BCUT2D eigenvalue weighted by Crippen LogP contribution is 2.46. The molecule has 4 rings (SSSR count). The Bertz CT molecular complexity index is 946. The van der Waals surface area contributed by atoms with E-state index in [2.05, 4.69) is 47.3 Å². The molecular weight excluding hydrogens is 416 g/mol. The number of ketones is 1. The van der Waals surface area contributed by atoms with Crippen LogP contribution >= 0.6 is 15.9 Å². The summed E-state index contributed by atoms with van der Waals surface area (Å²) in [5.41, 5.74) is 3.15. The number of amides is 1. The van der Waals surface area contributed by atoms with E-state index in [4.69, 9.17) is 0 Å². The normalized spacial score (nSPS) is 24.1. The van der Waals surface area contributed by atoms with Gasteiger partial charge in [-0.15, -0.1) is 0 Å². The van der Waals surface area contributed by atoms with Crippen LogP contribution in [0.25, 0.3) is 0 Å². The third kappa shape index (κ3) is 3.20. The second kappa shape index (κ2) is 6.82. The first-order chi connectivity index (χ1) is 13.2. The van der Waals surface area contributed by atoms with Gasteiger partial charge in [0.05, 0.1) is 11.5 Å². The molecule has 1 unspecified atom stereocenters. The van der Waals surface area contributed by atoms with Gasteiger partial charge in [0.15, 0.2) is 5.78 Å². The Hall–Kier alpha value is -1.98. The van der Waals surface area contributed by atoms with Crippen LogP contribution in [0.1, 0.15) is 55.1 Å². The molecule has 146 valence electrons. The van der Waals surface area contributed by atoms with Crippen LogP contribution in [-0.4, -0.2) is 24.3 Å². The maximum absolute atomic E-state index is 13.2. The molecule has 2 aromatic carbocycles. The van der Waals surface area contributed by atoms with Gasteiger partial charge in [-0.25, -0.2) is 0 Å². The molecule has 2 atom stereocenters. The Labute approximate surface area is 174 Å². The monoisotopic (exact) mass is 440 g/mol. The standard InChI is InChI=1S/C23H25BrN2O2/c1-22(2,3)15-6-4-14(5-7-15)20(27)19-13-23(10-11-25-19)17-12-16(24)8-9-18(17)26-21(23)28/h4-9,12,19,25H,10-11,13H2,1-3H3,(H,26,28)/t19-,23?/m1/s1. The summed E-state index contributed by atoms with van der Waals surface area (Å²) in [5.74, 6) is 0.0544. The smallest absolute Gasteiger partial charge is 0.235 e. The summed E-state index contributed by atoms with van der Waals surface area (Å²) in [6.07, 6.45) is 1.16. The number of fused-ring (bicyclic) bond motifs is 2. The first-order valence-corrected chi connectivity index (χ1v) is 10.5. The molecule has 1 fully saturated rings. The average Bonchev–Trinajstić information content (AvgIpc) is 2.92. The van der Waals surface area contributed by atoms with Gasteiger partial charge in [-0.3, -0.25) is 9.59 Å². The second-order valence-electron chi connectivity index (χ2n) is 8.88. The highest BCUT2D eigenvalue weighted by molar-refractivity contribution is 9.10. The van der Waals surface area contributed by atoms with Crippen molar-refractivity contribution in [3.63, 3.8) is 0 Å². The Balaban J connectivity index is 1.62. The van der Waals surface area contributed by atoms with Crippen molar-refractivity contribution in [1.29, 1.82) is 0 Å². The number of carbonyl (C=O) groups is 2. The second-order valence-corrected chi connectivity index (χ2v) is 9.79. The summed E-state index contributed by atoms with van der Waals surface area (Å²) >= 11 is 3.52. The maximum Gasteiger partial charge on any atom is 0.235 e. The van der Waals surface area contributed by atoms with E-state index in [0.717, 1.165) is 15.7 Å². The first kappa shape index (κ1) is 19.3. The highest BCUT2D eigenvalue weighted by atomic mass is 79.9. The predicted molar refractivity (Wildman–Crippen MR) is 115 cm³/mol. The fourth-order valence-corrected chi connectivity index (χ4v) is 4.70. The minimum absolute atomic E-state index is 0.00276. The SMILES string of the molecule is CC(C)(C)c1ccc(C(=O)[C@H]2CC3(CCN2)C(=O)Nc2ccc(Br)cc23)cc1. The Kier molecular flexibility index (Phi) is 4.71. The zero-order chi connectivity index (χ0) is 20.1. The Morgan fingerprint density at radius 1 is 1.14 bits per heavy atom. The lowest BCUT2D eigenvalue weighted by Crippen LogP contribution is -2.52. The van der Waals surface area contributed by atoms with Crippen LogP contribution in [-0.2, 0) is 15.6 Å². The molecule has 28 heavy (non-hydrogen) atoms. The molecule has 5 heteroatoms. The van der Waals surface area contributed by atoms with E-state index in [9.17, 15) is 9.59 Å². The lowest BCUT2D eigenvalue weighted by atomic mass is 9.70. The number of hydrogen-bond donors (Lipinski definition) is 2. The molecule has 2 heterocycles. The van der Waals surface area contributed by atoms with E-state index in [1.54, 1.807) is 0 Å². The van der Waals surface area contributed by atoms with Gasteiger partial charge in [-0.05, 0) is 54.1 Å². The zero-order valence-corrected chi connectivity index (χ0v) is 18.0. The highest BCUT2D eigenvalue weighted by Gasteiger charge is 2.50. The van der Waals surface area contributed by atoms with Crippen LogP contribution in [0.4, 0.5) is 5.69 Å². The lowest BCUT2D eigenvalue weighted by molar-refractivity contribution is -0.121. The van der Waals surface area contributed by atoms with Gasteiger partial charge in [0.2, 0.25) is 5.91 Å². The van der Waals surface area contributed by atoms with Crippen molar-refractivity contribution in [2.45, 2.75) is 50.5 Å². The molecule has 4 nitrogen and oxygen atoms in total. The van der Waals surface area contributed by atoms with Crippen molar-refractivity contribution in [2.24, 2.45) is 0 Å². The largest absolute Gasteiger partial charge is 0.325 e. The maximum atomic E-state index is 13.2. The minimum Gasteiger partial charge on any atom is -0.325 e.